The van der Waals surface area contributed by atoms with Crippen molar-refractivity contribution in [3.8, 4) is 17.1 Å². The predicted molar refractivity (Wildman–Crippen MR) is 140 cm³/mol. The van der Waals surface area contributed by atoms with Gasteiger partial charge in [0.2, 0.25) is 0 Å². The fourth-order valence-electron chi connectivity index (χ4n) is 4.08. The van der Waals surface area contributed by atoms with Crippen molar-refractivity contribution in [2.24, 2.45) is 0 Å². The van der Waals surface area contributed by atoms with Crippen LogP contribution >= 0.6 is 47.0 Å². The highest BCUT2D eigenvalue weighted by atomic mass is 35.5. The molecule has 5 rings (SSSR count). The van der Waals surface area contributed by atoms with Crippen molar-refractivity contribution in [3.63, 3.8) is 0 Å². The number of hydrogen-bond acceptors (Lipinski definition) is 4. The summed E-state index contributed by atoms with van der Waals surface area (Å²) < 4.78 is 11.7. The van der Waals surface area contributed by atoms with Crippen LogP contribution in [0.25, 0.3) is 11.3 Å². The number of nitrogens with zero attached hydrogens (tertiary/aromatic N) is 2. The molecule has 0 saturated carbocycles. The maximum absolute atomic E-state index is 6.44. The van der Waals surface area contributed by atoms with Crippen molar-refractivity contribution >= 4 is 57.8 Å². The highest BCUT2D eigenvalue weighted by molar-refractivity contribution is 7.80. The molecule has 1 aliphatic rings. The van der Waals surface area contributed by atoms with Gasteiger partial charge in [-0.1, -0.05) is 46.9 Å². The van der Waals surface area contributed by atoms with Gasteiger partial charge in [-0.15, -0.1) is 0 Å². The van der Waals surface area contributed by atoms with Gasteiger partial charge in [-0.05, 0) is 66.8 Å². The predicted octanol–water partition coefficient (Wildman–Crippen LogP) is 7.49. The van der Waals surface area contributed by atoms with Gasteiger partial charge in [0.15, 0.2) is 5.11 Å². The maximum atomic E-state index is 6.44. The molecule has 0 bridgehead atoms. The Kier molecular flexibility index (Phi) is 6.40. The number of rotatable bonds is 5. The van der Waals surface area contributed by atoms with E-state index in [1.807, 2.05) is 65.6 Å². The average Bonchev–Trinajstić information content (AvgIpc) is 3.46. The van der Waals surface area contributed by atoms with E-state index in [0.717, 1.165) is 11.4 Å². The zero-order valence-corrected chi connectivity index (χ0v) is 20.9. The van der Waals surface area contributed by atoms with Crippen molar-refractivity contribution in [2.45, 2.75) is 12.1 Å². The zero-order valence-electron chi connectivity index (χ0n) is 17.8. The first-order valence-corrected chi connectivity index (χ1v) is 11.9. The van der Waals surface area contributed by atoms with Crippen molar-refractivity contribution in [1.82, 2.24) is 10.3 Å². The summed E-state index contributed by atoms with van der Waals surface area (Å²) in [6.07, 6.45) is 1.75. The molecule has 5 nitrogen and oxygen atoms in total. The summed E-state index contributed by atoms with van der Waals surface area (Å²) in [5.74, 6) is 1.87. The first-order valence-electron chi connectivity index (χ1n) is 10.4. The molecule has 0 amide bonds. The Balaban J connectivity index is 1.62. The van der Waals surface area contributed by atoms with Crippen LogP contribution in [0.4, 0.5) is 5.69 Å². The van der Waals surface area contributed by atoms with E-state index in [0.29, 0.717) is 43.0 Å². The molecule has 0 radical (unpaired) electrons. The molecular weight excluding hydrogens is 513 g/mol. The number of anilines is 1. The van der Waals surface area contributed by atoms with Crippen LogP contribution in [0, 0.1) is 0 Å². The molecular formula is C25H18Cl3N3O2S. The van der Waals surface area contributed by atoms with Crippen LogP contribution in [0.2, 0.25) is 15.1 Å². The van der Waals surface area contributed by atoms with Gasteiger partial charge in [0, 0.05) is 17.4 Å². The smallest absolute Gasteiger partial charge is 0.174 e. The lowest BCUT2D eigenvalue weighted by atomic mass is 10.0. The summed E-state index contributed by atoms with van der Waals surface area (Å²) in [4.78, 5) is 6.53. The van der Waals surface area contributed by atoms with Gasteiger partial charge in [0.1, 0.15) is 23.3 Å². The molecule has 172 valence electrons. The van der Waals surface area contributed by atoms with Crippen molar-refractivity contribution < 1.29 is 9.15 Å². The third-order valence-corrected chi connectivity index (χ3v) is 7.08. The Morgan fingerprint density at radius 1 is 1.00 bits per heavy atom. The zero-order chi connectivity index (χ0) is 23.8. The first kappa shape index (κ1) is 23.0. The molecule has 3 heterocycles. The summed E-state index contributed by atoms with van der Waals surface area (Å²) >= 11 is 24.9. The van der Waals surface area contributed by atoms with Crippen LogP contribution in [0.5, 0.6) is 5.75 Å². The fraction of sp³-hybridized carbons (Fsp3) is 0.120. The molecule has 4 aromatic rings. The van der Waals surface area contributed by atoms with E-state index in [1.54, 1.807) is 19.4 Å². The van der Waals surface area contributed by atoms with E-state index in [4.69, 9.17) is 56.2 Å². The second kappa shape index (κ2) is 9.47. The molecule has 0 spiro atoms. The largest absolute Gasteiger partial charge is 0.495 e. The molecule has 34 heavy (non-hydrogen) atoms. The molecule has 0 aliphatic carbocycles. The minimum absolute atomic E-state index is 0.261. The molecule has 1 fully saturated rings. The van der Waals surface area contributed by atoms with E-state index < -0.39 is 0 Å². The Hall–Kier alpha value is -2.77. The Morgan fingerprint density at radius 2 is 1.85 bits per heavy atom. The number of hydrogen-bond donors (Lipinski definition) is 1. The Labute approximate surface area is 217 Å². The average molecular weight is 531 g/mol. The van der Waals surface area contributed by atoms with Crippen molar-refractivity contribution in [2.75, 3.05) is 12.0 Å². The third-order valence-electron chi connectivity index (χ3n) is 5.65. The molecule has 2 atom stereocenters. The van der Waals surface area contributed by atoms with Gasteiger partial charge in [0.25, 0.3) is 0 Å². The number of ether oxygens (including phenoxy) is 1. The second-order valence-electron chi connectivity index (χ2n) is 7.62. The number of thiocarbonyl (C=S) groups is 1. The van der Waals surface area contributed by atoms with Gasteiger partial charge < -0.3 is 19.4 Å². The number of furan rings is 1. The van der Waals surface area contributed by atoms with Crippen LogP contribution in [0.15, 0.2) is 77.3 Å². The summed E-state index contributed by atoms with van der Waals surface area (Å²) in [5, 5.41) is 5.30. The number of nitrogens with one attached hydrogen (secondary N) is 1. The van der Waals surface area contributed by atoms with Crippen LogP contribution in [-0.2, 0) is 0 Å². The van der Waals surface area contributed by atoms with Gasteiger partial charge in [-0.25, -0.2) is 0 Å². The summed E-state index contributed by atoms with van der Waals surface area (Å²) in [7, 11) is 1.58. The molecule has 1 N–H and O–H groups in total. The summed E-state index contributed by atoms with van der Waals surface area (Å²) in [6, 6.07) is 19.9. The van der Waals surface area contributed by atoms with Crippen molar-refractivity contribution in [1.29, 1.82) is 0 Å². The number of methoxy groups -OCH3 is 1. The lowest BCUT2D eigenvalue weighted by molar-refractivity contribution is 0.415. The monoisotopic (exact) mass is 529 g/mol. The Morgan fingerprint density at radius 3 is 2.59 bits per heavy atom. The van der Waals surface area contributed by atoms with E-state index in [9.17, 15) is 0 Å². The number of halogens is 3. The second-order valence-corrected chi connectivity index (χ2v) is 9.20. The molecule has 1 aliphatic heterocycles. The van der Waals surface area contributed by atoms with Crippen LogP contribution in [-0.4, -0.2) is 17.2 Å². The minimum Gasteiger partial charge on any atom is -0.495 e. The molecule has 1 saturated heterocycles. The molecule has 9 heteroatoms. The van der Waals surface area contributed by atoms with Gasteiger partial charge in [-0.2, -0.15) is 0 Å². The fourth-order valence-corrected chi connectivity index (χ4v) is 5.07. The lowest BCUT2D eigenvalue weighted by Crippen LogP contribution is -2.29. The quantitative estimate of drug-likeness (QED) is 0.270. The third kappa shape index (κ3) is 4.12. The minimum atomic E-state index is -0.335. The first-order chi connectivity index (χ1) is 16.5. The Bertz CT molecular complexity index is 1360. The van der Waals surface area contributed by atoms with Gasteiger partial charge in [0.05, 0.1) is 33.9 Å². The highest BCUT2D eigenvalue weighted by Crippen LogP contribution is 2.45. The topological polar surface area (TPSA) is 50.5 Å². The maximum Gasteiger partial charge on any atom is 0.174 e. The molecule has 0 unspecified atom stereocenters. The molecule has 2 aromatic heterocycles. The SMILES string of the molecule is COc1ccc(N2C(=S)N[C@@H](c3ccccn3)[C@H]2c2ccc(-c3cccc(Cl)c3Cl)o2)cc1Cl. The van der Waals surface area contributed by atoms with E-state index in [2.05, 4.69) is 10.3 Å². The van der Waals surface area contributed by atoms with Gasteiger partial charge in [-0.3, -0.25) is 4.98 Å². The summed E-state index contributed by atoms with van der Waals surface area (Å²) in [5.41, 5.74) is 2.34. The standard InChI is InChI=1S/C25H18Cl3N3O2S/c1-32-20-9-8-14(13-17(20)27)31-24(23(30-25(31)34)18-7-2-3-12-29-18)21-11-10-19(33-21)15-5-4-6-16(26)22(15)28/h2-13,23-24H,1H3,(H,30,34)/t23-,24+/m0/s1. The number of benzene rings is 2. The highest BCUT2D eigenvalue weighted by Gasteiger charge is 2.42. The number of pyridine rings is 1. The van der Waals surface area contributed by atoms with Crippen LogP contribution in [0.3, 0.4) is 0 Å². The van der Waals surface area contributed by atoms with E-state index in [1.165, 1.54) is 0 Å². The van der Waals surface area contributed by atoms with E-state index >= 15 is 0 Å². The normalized spacial score (nSPS) is 17.6. The van der Waals surface area contributed by atoms with Crippen LogP contribution in [0.1, 0.15) is 23.5 Å². The number of aromatic nitrogens is 1. The van der Waals surface area contributed by atoms with Gasteiger partial charge >= 0.3 is 0 Å². The van der Waals surface area contributed by atoms with Crippen LogP contribution < -0.4 is 15.0 Å². The lowest BCUT2D eigenvalue weighted by Gasteiger charge is -2.26. The van der Waals surface area contributed by atoms with Crippen molar-refractivity contribution in [3.05, 3.63) is 99.4 Å². The molecule has 2 aromatic carbocycles. The summed E-state index contributed by atoms with van der Waals surface area (Å²) in [6.45, 7) is 0. The van der Waals surface area contributed by atoms with E-state index in [-0.39, 0.29) is 12.1 Å².